The van der Waals surface area contributed by atoms with E-state index in [4.69, 9.17) is 0 Å². The highest BCUT2D eigenvalue weighted by Gasteiger charge is 2.52. The maximum atomic E-state index is 13.8. The second-order valence-corrected chi connectivity index (χ2v) is 14.0. The van der Waals surface area contributed by atoms with Crippen LogP contribution in [0.15, 0.2) is 82.1 Å². The van der Waals surface area contributed by atoms with Crippen LogP contribution in [-0.4, -0.2) is 45.3 Å². The molecular formula is C29H27FN4O6S2. The van der Waals surface area contributed by atoms with Crippen LogP contribution < -0.4 is 10.0 Å². The van der Waals surface area contributed by atoms with E-state index in [1.54, 1.807) is 47.4 Å². The van der Waals surface area contributed by atoms with Crippen molar-refractivity contribution in [3.63, 3.8) is 0 Å². The van der Waals surface area contributed by atoms with Crippen LogP contribution >= 0.6 is 0 Å². The van der Waals surface area contributed by atoms with Gasteiger partial charge >= 0.3 is 0 Å². The molecular weight excluding hydrogens is 583 g/mol. The van der Waals surface area contributed by atoms with Crippen LogP contribution in [0.25, 0.3) is 0 Å². The molecule has 10 nitrogen and oxygen atoms in total. The van der Waals surface area contributed by atoms with Crippen LogP contribution in [0.2, 0.25) is 0 Å². The van der Waals surface area contributed by atoms with E-state index < -0.39 is 43.6 Å². The van der Waals surface area contributed by atoms with Crippen molar-refractivity contribution in [2.45, 2.75) is 42.5 Å². The molecule has 3 aliphatic rings. The molecule has 13 heteroatoms. The van der Waals surface area contributed by atoms with Crippen molar-refractivity contribution >= 4 is 48.9 Å². The number of ketones is 1. The number of halogens is 1. The summed E-state index contributed by atoms with van der Waals surface area (Å²) in [5.74, 6) is -3.87. The van der Waals surface area contributed by atoms with Crippen LogP contribution in [0.5, 0.6) is 0 Å². The Hall–Kier alpha value is -4.10. The first-order valence-corrected chi connectivity index (χ1v) is 16.5. The number of benzene rings is 3. The zero-order valence-corrected chi connectivity index (χ0v) is 23.9. The second kappa shape index (κ2) is 10.6. The lowest BCUT2D eigenvalue weighted by molar-refractivity contribution is -0.149. The number of carbonyl (C=O) groups excluding carboxylic acids is 2. The number of fused-ring (bicyclic) bond motifs is 2. The summed E-state index contributed by atoms with van der Waals surface area (Å²) in [6.07, 6.45) is 1.95. The van der Waals surface area contributed by atoms with Crippen molar-refractivity contribution < 1.29 is 30.8 Å². The molecule has 2 N–H and O–H groups in total. The minimum absolute atomic E-state index is 0.0257. The Kier molecular flexibility index (Phi) is 7.09. The van der Waals surface area contributed by atoms with Gasteiger partial charge < -0.3 is 10.2 Å². The van der Waals surface area contributed by atoms with Gasteiger partial charge in [0, 0.05) is 24.2 Å². The molecule has 0 bridgehead atoms. The standard InChI is InChI=1S/C29H27FN4O6S2/c30-20-11-9-18(10-12-20)16-34-24-8-4-7-22(24)27(35)26(29(34)36)28-31-23-14-13-21(15-25(23)42(39,40)33-28)32-41(37,38)17-19-5-2-1-3-6-19/h1-3,5-6,9-15,22,24,26,32H,4,7-8,16-17H2,(H,31,33)/t22-,24+,26?/m1/s1. The van der Waals surface area contributed by atoms with Crippen molar-refractivity contribution in [3.8, 4) is 0 Å². The third kappa shape index (κ3) is 5.41. The van der Waals surface area contributed by atoms with Crippen LogP contribution in [0.3, 0.4) is 0 Å². The summed E-state index contributed by atoms with van der Waals surface area (Å²) in [5, 5.41) is 2.86. The first-order chi connectivity index (χ1) is 20.0. The maximum absolute atomic E-state index is 13.8. The van der Waals surface area contributed by atoms with Crippen molar-refractivity contribution in [2.75, 3.05) is 10.0 Å². The number of anilines is 2. The summed E-state index contributed by atoms with van der Waals surface area (Å²) >= 11 is 0. The second-order valence-electron chi connectivity index (χ2n) is 10.7. The molecule has 0 spiro atoms. The predicted molar refractivity (Wildman–Crippen MR) is 154 cm³/mol. The van der Waals surface area contributed by atoms with Gasteiger partial charge in [-0.1, -0.05) is 48.9 Å². The highest BCUT2D eigenvalue weighted by atomic mass is 32.2. The fourth-order valence-corrected chi connectivity index (χ4v) is 8.29. The van der Waals surface area contributed by atoms with Gasteiger partial charge in [0.15, 0.2) is 11.7 Å². The molecule has 1 amide bonds. The number of piperidine rings is 1. The number of likely N-dealkylation sites (tertiary alicyclic amines) is 1. The van der Waals surface area contributed by atoms with Crippen molar-refractivity contribution in [3.05, 3.63) is 89.7 Å². The van der Waals surface area contributed by atoms with Gasteiger partial charge in [0.05, 0.1) is 11.4 Å². The maximum Gasteiger partial charge on any atom is 0.286 e. The van der Waals surface area contributed by atoms with Gasteiger partial charge in [0.25, 0.3) is 10.0 Å². The molecule has 2 heterocycles. The molecule has 42 heavy (non-hydrogen) atoms. The van der Waals surface area contributed by atoms with Crippen molar-refractivity contribution in [2.24, 2.45) is 16.2 Å². The number of sulfonamides is 2. The number of rotatable bonds is 7. The normalized spacial score (nSPS) is 23.0. The smallest absolute Gasteiger partial charge is 0.286 e. The van der Waals surface area contributed by atoms with Crippen molar-refractivity contribution in [1.82, 2.24) is 4.90 Å². The summed E-state index contributed by atoms with van der Waals surface area (Å²) in [7, 11) is -8.26. The number of amidine groups is 1. The molecule has 3 aromatic rings. The SMILES string of the molecule is O=C1C(C2=NS(=O)(=O)c3cc(NS(=O)(=O)Cc4ccccc4)ccc3N2)C(=O)N(Cc2ccc(F)cc2)[C@H]2CCC[C@@H]12. The van der Waals surface area contributed by atoms with Crippen LogP contribution in [-0.2, 0) is 41.9 Å². The molecule has 1 aliphatic carbocycles. The number of hydrogen-bond acceptors (Lipinski definition) is 7. The minimum Gasteiger partial charge on any atom is -0.341 e. The number of Topliss-reactive ketones (excluding diaryl/α,β-unsaturated/α-hetero) is 1. The topological polar surface area (TPSA) is 142 Å². The summed E-state index contributed by atoms with van der Waals surface area (Å²) in [5.41, 5.74) is 1.34. The first-order valence-electron chi connectivity index (χ1n) is 13.4. The molecule has 2 fully saturated rings. The van der Waals surface area contributed by atoms with Crippen LogP contribution in [0, 0.1) is 17.7 Å². The highest BCUT2D eigenvalue weighted by molar-refractivity contribution is 7.92. The van der Waals surface area contributed by atoms with Gasteiger partial charge in [-0.15, -0.1) is 4.40 Å². The van der Waals surface area contributed by atoms with E-state index in [1.165, 1.54) is 24.3 Å². The summed E-state index contributed by atoms with van der Waals surface area (Å²) in [6.45, 7) is 0.146. The zero-order chi connectivity index (χ0) is 29.6. The van der Waals surface area contributed by atoms with E-state index in [-0.39, 0.29) is 46.2 Å². The lowest BCUT2D eigenvalue weighted by Crippen LogP contribution is -2.58. The highest BCUT2D eigenvalue weighted by Crippen LogP contribution is 2.40. The fraction of sp³-hybridized carbons (Fsp3) is 0.276. The number of nitrogens with zero attached hydrogens (tertiary/aromatic N) is 2. The third-order valence-electron chi connectivity index (χ3n) is 7.81. The zero-order valence-electron chi connectivity index (χ0n) is 22.2. The van der Waals surface area contributed by atoms with E-state index in [0.717, 1.165) is 12.5 Å². The monoisotopic (exact) mass is 610 g/mol. The summed E-state index contributed by atoms with van der Waals surface area (Å²) in [6, 6.07) is 17.9. The summed E-state index contributed by atoms with van der Waals surface area (Å²) < 4.78 is 71.7. The van der Waals surface area contributed by atoms with E-state index in [9.17, 15) is 30.8 Å². The third-order valence-corrected chi connectivity index (χ3v) is 10.4. The van der Waals surface area contributed by atoms with Crippen LogP contribution in [0.4, 0.5) is 15.8 Å². The van der Waals surface area contributed by atoms with E-state index in [0.29, 0.717) is 24.0 Å². The van der Waals surface area contributed by atoms with E-state index in [2.05, 4.69) is 14.4 Å². The predicted octanol–water partition coefficient (Wildman–Crippen LogP) is 3.68. The average Bonchev–Trinajstić information content (AvgIpc) is 3.43. The summed E-state index contributed by atoms with van der Waals surface area (Å²) in [4.78, 5) is 28.6. The quantitative estimate of drug-likeness (QED) is 0.389. The number of amides is 1. The average molecular weight is 611 g/mol. The molecule has 218 valence electrons. The van der Waals surface area contributed by atoms with E-state index in [1.807, 2.05) is 0 Å². The Morgan fingerprint density at radius 1 is 0.976 bits per heavy atom. The molecule has 0 aromatic heterocycles. The Morgan fingerprint density at radius 2 is 1.71 bits per heavy atom. The first kappa shape index (κ1) is 28.0. The van der Waals surface area contributed by atoms with Gasteiger partial charge in [0.2, 0.25) is 15.9 Å². The molecule has 1 saturated heterocycles. The lowest BCUT2D eigenvalue weighted by atomic mass is 9.81. The Labute approximate surface area is 242 Å². The number of carbonyl (C=O) groups is 2. The molecule has 0 radical (unpaired) electrons. The van der Waals surface area contributed by atoms with Gasteiger partial charge in [-0.2, -0.15) is 8.42 Å². The Bertz CT molecular complexity index is 1810. The Balaban J connectivity index is 1.27. The molecule has 3 aromatic carbocycles. The molecule has 1 saturated carbocycles. The number of hydrogen-bond donors (Lipinski definition) is 2. The lowest BCUT2D eigenvalue weighted by Gasteiger charge is -2.41. The minimum atomic E-state index is -4.40. The van der Waals surface area contributed by atoms with Gasteiger partial charge in [-0.05, 0) is 54.3 Å². The van der Waals surface area contributed by atoms with Crippen LogP contribution in [0.1, 0.15) is 30.4 Å². The fourth-order valence-electron chi connectivity index (χ4n) is 5.92. The van der Waals surface area contributed by atoms with Gasteiger partial charge in [-0.25, -0.2) is 12.8 Å². The van der Waals surface area contributed by atoms with Crippen molar-refractivity contribution in [1.29, 1.82) is 0 Å². The molecule has 6 rings (SSSR count). The molecule has 2 aliphatic heterocycles. The molecule has 3 atom stereocenters. The van der Waals surface area contributed by atoms with E-state index >= 15 is 0 Å². The Morgan fingerprint density at radius 3 is 2.45 bits per heavy atom. The molecule has 1 unspecified atom stereocenters. The van der Waals surface area contributed by atoms with Gasteiger partial charge in [0.1, 0.15) is 16.5 Å². The van der Waals surface area contributed by atoms with Gasteiger partial charge in [-0.3, -0.25) is 14.3 Å². The largest absolute Gasteiger partial charge is 0.341 e. The number of nitrogens with one attached hydrogen (secondary N) is 2.